The van der Waals surface area contributed by atoms with Crippen molar-refractivity contribution >= 4 is 34.2 Å². The predicted molar refractivity (Wildman–Crippen MR) is 119 cm³/mol. The minimum atomic E-state index is -0.412. The summed E-state index contributed by atoms with van der Waals surface area (Å²) in [6, 6.07) is 10.9. The summed E-state index contributed by atoms with van der Waals surface area (Å²) in [5, 5.41) is 7.83. The quantitative estimate of drug-likeness (QED) is 0.516. The molecule has 0 bridgehead atoms. The van der Waals surface area contributed by atoms with Crippen LogP contribution in [0.5, 0.6) is 5.75 Å². The molecule has 2 aromatic carbocycles. The summed E-state index contributed by atoms with van der Waals surface area (Å²) >= 11 is 6.00. The third kappa shape index (κ3) is 4.15. The van der Waals surface area contributed by atoms with Crippen LogP contribution in [0, 0.1) is 13.8 Å². The number of rotatable bonds is 5. The average molecular weight is 438 g/mol. The molecule has 0 radical (unpaired) electrons. The monoisotopic (exact) mass is 437 g/mol. The second-order valence-corrected chi connectivity index (χ2v) is 7.65. The lowest BCUT2D eigenvalue weighted by atomic mass is 10.1. The zero-order valence-electron chi connectivity index (χ0n) is 17.2. The molecule has 0 aliphatic rings. The van der Waals surface area contributed by atoms with Gasteiger partial charge in [0.15, 0.2) is 5.65 Å². The van der Waals surface area contributed by atoms with Crippen LogP contribution < -0.4 is 15.6 Å². The summed E-state index contributed by atoms with van der Waals surface area (Å²) in [4.78, 5) is 29.8. The first kappa shape index (κ1) is 20.6. The smallest absolute Gasteiger partial charge is 0.264 e. The molecule has 0 fully saturated rings. The largest absolute Gasteiger partial charge is 0.495 e. The number of hydrogen-bond donors (Lipinski definition) is 1. The number of carbonyl (C=O) groups excluding carboxylic acids is 1. The number of anilines is 1. The highest BCUT2D eigenvalue weighted by Gasteiger charge is 2.15. The summed E-state index contributed by atoms with van der Waals surface area (Å²) in [5.74, 6) is 0.0546. The van der Waals surface area contributed by atoms with Gasteiger partial charge in [0.25, 0.3) is 5.56 Å². The number of fused-ring (bicyclic) bond motifs is 1. The summed E-state index contributed by atoms with van der Waals surface area (Å²) in [5.41, 5.74) is 3.49. The fraction of sp³-hybridized carbons (Fsp3) is 0.182. The standard InChI is InChI=1S/C22H20ClN5O3/c1-13-6-14(2)8-16(7-13)28-21-17(10-25-28)22(30)27(12-24-21)11-20(29)26-18-9-15(23)4-5-19(18)31-3/h4-10,12H,11H2,1-3H3,(H,26,29). The summed E-state index contributed by atoms with van der Waals surface area (Å²) in [7, 11) is 1.49. The summed E-state index contributed by atoms with van der Waals surface area (Å²) in [6.07, 6.45) is 2.82. The van der Waals surface area contributed by atoms with Gasteiger partial charge in [-0.1, -0.05) is 17.7 Å². The van der Waals surface area contributed by atoms with Gasteiger partial charge >= 0.3 is 0 Å². The average Bonchev–Trinajstić information content (AvgIpc) is 3.14. The number of carbonyl (C=O) groups is 1. The van der Waals surface area contributed by atoms with Crippen molar-refractivity contribution in [2.75, 3.05) is 12.4 Å². The maximum atomic E-state index is 12.9. The number of ether oxygens (including phenoxy) is 1. The van der Waals surface area contributed by atoms with Crippen LogP contribution in [0.2, 0.25) is 5.02 Å². The van der Waals surface area contributed by atoms with Gasteiger partial charge in [-0.2, -0.15) is 5.10 Å². The first-order chi connectivity index (χ1) is 14.9. The lowest BCUT2D eigenvalue weighted by molar-refractivity contribution is -0.116. The van der Waals surface area contributed by atoms with E-state index in [2.05, 4.69) is 21.5 Å². The van der Waals surface area contributed by atoms with Gasteiger partial charge in [0.2, 0.25) is 5.91 Å². The van der Waals surface area contributed by atoms with Crippen LogP contribution in [0.3, 0.4) is 0 Å². The van der Waals surface area contributed by atoms with E-state index in [1.165, 1.54) is 24.2 Å². The maximum absolute atomic E-state index is 12.9. The highest BCUT2D eigenvalue weighted by molar-refractivity contribution is 6.31. The first-order valence-corrected chi connectivity index (χ1v) is 9.89. The Morgan fingerprint density at radius 2 is 1.90 bits per heavy atom. The highest BCUT2D eigenvalue weighted by atomic mass is 35.5. The molecule has 0 aliphatic heterocycles. The normalized spacial score (nSPS) is 11.0. The van der Waals surface area contributed by atoms with E-state index in [0.29, 0.717) is 27.5 Å². The van der Waals surface area contributed by atoms with Crippen LogP contribution in [0.4, 0.5) is 5.69 Å². The number of benzene rings is 2. The van der Waals surface area contributed by atoms with Crippen molar-refractivity contribution in [2.24, 2.45) is 0 Å². The Kier molecular flexibility index (Phi) is 5.48. The van der Waals surface area contributed by atoms with E-state index in [9.17, 15) is 9.59 Å². The topological polar surface area (TPSA) is 91.0 Å². The molecule has 1 N–H and O–H groups in total. The Morgan fingerprint density at radius 3 is 2.61 bits per heavy atom. The Bertz CT molecular complexity index is 1340. The van der Waals surface area contributed by atoms with Gasteiger partial charge in [-0.3, -0.25) is 14.2 Å². The molecular formula is C22H20ClN5O3. The van der Waals surface area contributed by atoms with Gasteiger partial charge in [0, 0.05) is 5.02 Å². The fourth-order valence-corrected chi connectivity index (χ4v) is 3.62. The van der Waals surface area contributed by atoms with Gasteiger partial charge in [-0.25, -0.2) is 9.67 Å². The van der Waals surface area contributed by atoms with Crippen LogP contribution in [0.15, 0.2) is 53.7 Å². The number of nitrogens with one attached hydrogen (secondary N) is 1. The number of aromatic nitrogens is 4. The third-order valence-electron chi connectivity index (χ3n) is 4.76. The zero-order valence-corrected chi connectivity index (χ0v) is 18.0. The van der Waals surface area contributed by atoms with Crippen LogP contribution >= 0.6 is 11.6 Å². The number of hydrogen-bond acceptors (Lipinski definition) is 5. The molecule has 2 heterocycles. The van der Waals surface area contributed by atoms with Crippen molar-refractivity contribution in [3.8, 4) is 11.4 Å². The lowest BCUT2D eigenvalue weighted by Gasteiger charge is -2.11. The predicted octanol–water partition coefficient (Wildman–Crippen LogP) is 3.50. The number of halogens is 1. The van der Waals surface area contributed by atoms with Crippen molar-refractivity contribution in [2.45, 2.75) is 20.4 Å². The highest BCUT2D eigenvalue weighted by Crippen LogP contribution is 2.27. The maximum Gasteiger partial charge on any atom is 0.264 e. The Hall–Kier alpha value is -3.65. The van der Waals surface area contributed by atoms with Crippen molar-refractivity contribution < 1.29 is 9.53 Å². The van der Waals surface area contributed by atoms with Crippen molar-refractivity contribution in [1.82, 2.24) is 19.3 Å². The third-order valence-corrected chi connectivity index (χ3v) is 4.99. The molecule has 158 valence electrons. The van der Waals surface area contributed by atoms with Crippen molar-refractivity contribution in [1.29, 1.82) is 0 Å². The molecule has 4 aromatic rings. The molecule has 0 saturated heterocycles. The van der Waals surface area contributed by atoms with E-state index in [1.54, 1.807) is 22.9 Å². The molecule has 8 nitrogen and oxygen atoms in total. The molecule has 0 spiro atoms. The van der Waals surface area contributed by atoms with E-state index in [4.69, 9.17) is 16.3 Å². The van der Waals surface area contributed by atoms with Crippen molar-refractivity contribution in [3.63, 3.8) is 0 Å². The molecule has 0 saturated carbocycles. The van der Waals surface area contributed by atoms with E-state index in [0.717, 1.165) is 16.8 Å². The SMILES string of the molecule is COc1ccc(Cl)cc1NC(=O)Cn1cnc2c(cnn2-c2cc(C)cc(C)c2)c1=O. The molecule has 0 unspecified atom stereocenters. The Labute approximate surface area is 183 Å². The van der Waals surface area contributed by atoms with E-state index in [-0.39, 0.29) is 12.1 Å². The van der Waals surface area contributed by atoms with E-state index in [1.807, 2.05) is 26.0 Å². The number of methoxy groups -OCH3 is 1. The van der Waals surface area contributed by atoms with Gasteiger partial charge < -0.3 is 10.1 Å². The van der Waals surface area contributed by atoms with Crippen LogP contribution in [-0.4, -0.2) is 32.3 Å². The molecule has 0 atom stereocenters. The molecular weight excluding hydrogens is 418 g/mol. The van der Waals surface area contributed by atoms with Crippen LogP contribution in [0.25, 0.3) is 16.7 Å². The molecule has 9 heteroatoms. The molecule has 4 rings (SSSR count). The van der Waals surface area contributed by atoms with Gasteiger partial charge in [0.05, 0.1) is 24.7 Å². The number of amides is 1. The second kappa shape index (κ2) is 8.23. The molecule has 31 heavy (non-hydrogen) atoms. The number of aryl methyl sites for hydroxylation is 2. The summed E-state index contributed by atoms with van der Waals surface area (Å²) < 4.78 is 8.09. The lowest BCUT2D eigenvalue weighted by Crippen LogP contribution is -2.28. The first-order valence-electron chi connectivity index (χ1n) is 9.51. The van der Waals surface area contributed by atoms with Gasteiger partial charge in [-0.15, -0.1) is 0 Å². The Balaban J connectivity index is 1.63. The van der Waals surface area contributed by atoms with Crippen LogP contribution in [-0.2, 0) is 11.3 Å². The second-order valence-electron chi connectivity index (χ2n) is 7.21. The summed E-state index contributed by atoms with van der Waals surface area (Å²) in [6.45, 7) is 3.78. The van der Waals surface area contributed by atoms with Crippen LogP contribution in [0.1, 0.15) is 11.1 Å². The van der Waals surface area contributed by atoms with E-state index >= 15 is 0 Å². The minimum Gasteiger partial charge on any atom is -0.495 e. The number of nitrogens with zero attached hydrogens (tertiary/aromatic N) is 4. The van der Waals surface area contributed by atoms with E-state index < -0.39 is 5.91 Å². The van der Waals surface area contributed by atoms with Gasteiger partial charge in [-0.05, 0) is 55.3 Å². The Morgan fingerprint density at radius 1 is 1.16 bits per heavy atom. The fourth-order valence-electron chi connectivity index (χ4n) is 3.45. The molecule has 2 aromatic heterocycles. The molecule has 0 aliphatic carbocycles. The minimum absolute atomic E-state index is 0.216. The zero-order chi connectivity index (χ0) is 22.1. The van der Waals surface area contributed by atoms with Gasteiger partial charge in [0.1, 0.15) is 24.0 Å². The van der Waals surface area contributed by atoms with Crippen molar-refractivity contribution in [3.05, 3.63) is 75.4 Å². The molecule has 1 amide bonds.